The molecule has 0 spiro atoms. The number of carbonyl (C=O) groups is 1. The molecule has 5 N–H and O–H groups in total. The van der Waals surface area contributed by atoms with Crippen LogP contribution in [-0.2, 0) is 9.53 Å². The Morgan fingerprint density at radius 3 is 1.24 bits per heavy atom. The first-order chi connectivity index (χ1) is 26.4. The number of amides is 1. The molecule has 0 aromatic rings. The summed E-state index contributed by atoms with van der Waals surface area (Å²) in [5.41, 5.74) is 0. The van der Waals surface area contributed by atoms with Crippen LogP contribution in [0.15, 0.2) is 0 Å². The van der Waals surface area contributed by atoms with E-state index in [9.17, 15) is 25.2 Å². The molecule has 0 radical (unpaired) electrons. The Kier molecular flexibility index (Phi) is 35.9. The van der Waals surface area contributed by atoms with Gasteiger partial charge in [0, 0.05) is 18.9 Å². The number of hydrogen-bond acceptors (Lipinski definition) is 6. The summed E-state index contributed by atoms with van der Waals surface area (Å²) in [6.45, 7) is 4.54. The molecule has 5 unspecified atom stereocenters. The number of unbranched alkanes of at least 4 members (excludes halogenated alkanes) is 31. The molecule has 0 heterocycles. The van der Waals surface area contributed by atoms with Crippen molar-refractivity contribution in [3.05, 3.63) is 0 Å². The van der Waals surface area contributed by atoms with Gasteiger partial charge in [-0.2, -0.15) is 0 Å². The summed E-state index contributed by atoms with van der Waals surface area (Å²) in [7, 11) is 0. The first-order valence-electron chi connectivity index (χ1n) is 24.0. The van der Waals surface area contributed by atoms with E-state index in [1.807, 2.05) is 0 Å². The Bertz CT molecular complexity index is 796. The van der Waals surface area contributed by atoms with Crippen LogP contribution >= 0.6 is 0 Å². The number of carbonyl (C=O) groups excluding carboxylic acids is 1. The Hall–Kier alpha value is -0.730. The highest BCUT2D eigenvalue weighted by Crippen LogP contribution is 2.28. The van der Waals surface area contributed by atoms with Crippen molar-refractivity contribution in [3.63, 3.8) is 0 Å². The smallest absolute Gasteiger partial charge is 0.220 e. The number of hydrogen-bond donors (Lipinski definition) is 5. The molecule has 6 atom stereocenters. The second-order valence-electron chi connectivity index (χ2n) is 17.3. The van der Waals surface area contributed by atoms with Gasteiger partial charge >= 0.3 is 0 Å². The fourth-order valence-electron chi connectivity index (χ4n) is 8.31. The molecule has 1 aliphatic rings. The van der Waals surface area contributed by atoms with Crippen molar-refractivity contribution in [2.24, 2.45) is 5.92 Å². The van der Waals surface area contributed by atoms with Gasteiger partial charge in [-0.25, -0.2) is 0 Å². The van der Waals surface area contributed by atoms with Crippen LogP contribution in [0.1, 0.15) is 245 Å². The second-order valence-corrected chi connectivity index (χ2v) is 17.3. The minimum atomic E-state index is -1.35. The van der Waals surface area contributed by atoms with E-state index in [4.69, 9.17) is 4.74 Å². The lowest BCUT2D eigenvalue weighted by molar-refractivity contribution is -0.179. The average molecular weight is 768 g/mol. The van der Waals surface area contributed by atoms with Crippen molar-refractivity contribution in [1.29, 1.82) is 0 Å². The molecule has 322 valence electrons. The minimum absolute atomic E-state index is 0.0637. The molecule has 1 rings (SSSR count). The fraction of sp³-hybridized carbons (Fsp3) is 0.979. The lowest BCUT2D eigenvalue weighted by Crippen LogP contribution is -2.55. The molecule has 0 saturated heterocycles. The standard InChI is InChI=1S/C47H93NO6/c1-3-5-7-9-11-13-15-17-19-20-21-22-23-25-27-29-31-33-35-37-44(50)48-42(40-54-43-38-41(39-49)45(51)47(53)46(43)52)36-34-32-30-28-26-24-18-16-14-12-10-8-6-4-2/h41-43,45-47,49,51-53H,3-40H2,1-2H3,(H,48,50)/t41?,42-,43?,45?,46?,47?/m1/s1. The van der Waals surface area contributed by atoms with Crippen molar-refractivity contribution in [2.45, 2.75) is 275 Å². The molecule has 1 amide bonds. The van der Waals surface area contributed by atoms with Gasteiger partial charge in [0.05, 0.1) is 24.9 Å². The normalized spacial score (nSPS) is 20.7. The van der Waals surface area contributed by atoms with E-state index in [0.717, 1.165) is 32.1 Å². The highest BCUT2D eigenvalue weighted by Gasteiger charge is 2.43. The largest absolute Gasteiger partial charge is 0.396 e. The molecule has 54 heavy (non-hydrogen) atoms. The van der Waals surface area contributed by atoms with E-state index in [1.165, 1.54) is 186 Å². The average Bonchev–Trinajstić information content (AvgIpc) is 3.17. The summed E-state index contributed by atoms with van der Waals surface area (Å²) >= 11 is 0. The third kappa shape index (κ3) is 28.6. The predicted octanol–water partition coefficient (Wildman–Crippen LogP) is 11.6. The van der Waals surface area contributed by atoms with Crippen molar-refractivity contribution in [1.82, 2.24) is 5.32 Å². The molecular formula is C47H93NO6. The minimum Gasteiger partial charge on any atom is -0.396 e. The second kappa shape index (κ2) is 37.8. The van der Waals surface area contributed by atoms with E-state index in [2.05, 4.69) is 19.2 Å². The Morgan fingerprint density at radius 1 is 0.519 bits per heavy atom. The van der Waals surface area contributed by atoms with E-state index in [1.54, 1.807) is 0 Å². The van der Waals surface area contributed by atoms with Gasteiger partial charge in [-0.1, -0.05) is 219 Å². The molecule has 0 aliphatic heterocycles. The van der Waals surface area contributed by atoms with E-state index in [-0.39, 0.29) is 31.6 Å². The number of rotatable bonds is 40. The van der Waals surface area contributed by atoms with Gasteiger partial charge in [0.25, 0.3) is 0 Å². The van der Waals surface area contributed by atoms with Gasteiger partial charge in [-0.05, 0) is 19.3 Å². The Morgan fingerprint density at radius 2 is 0.870 bits per heavy atom. The first kappa shape index (κ1) is 51.3. The van der Waals surface area contributed by atoms with E-state index < -0.39 is 30.3 Å². The summed E-state index contributed by atoms with van der Waals surface area (Å²) in [4.78, 5) is 13.0. The topological polar surface area (TPSA) is 119 Å². The molecule has 0 bridgehead atoms. The van der Waals surface area contributed by atoms with E-state index in [0.29, 0.717) is 6.42 Å². The van der Waals surface area contributed by atoms with Gasteiger partial charge in [-0.15, -0.1) is 0 Å². The van der Waals surface area contributed by atoms with Crippen LogP contribution in [0.2, 0.25) is 0 Å². The number of aliphatic hydroxyl groups excluding tert-OH is 4. The van der Waals surface area contributed by atoms with Crippen LogP contribution in [-0.4, -0.2) is 70.0 Å². The first-order valence-corrected chi connectivity index (χ1v) is 24.0. The van der Waals surface area contributed by atoms with Crippen molar-refractivity contribution in [3.8, 4) is 0 Å². The quantitative estimate of drug-likeness (QED) is 0.0396. The number of ether oxygens (including phenoxy) is 1. The molecule has 0 aromatic carbocycles. The molecule has 1 aliphatic carbocycles. The SMILES string of the molecule is CCCCCCCCCCCCCCCCCCCCCC(=O)N[C@H](CCCCCCCCCCCCCCCC)COC1CC(CO)C(O)C(O)C1O. The summed E-state index contributed by atoms with van der Waals surface area (Å²) in [5.74, 6) is -0.476. The van der Waals surface area contributed by atoms with Gasteiger partial charge in [-0.3, -0.25) is 4.79 Å². The van der Waals surface area contributed by atoms with Crippen LogP contribution in [0.5, 0.6) is 0 Å². The predicted molar refractivity (Wildman–Crippen MR) is 228 cm³/mol. The maximum absolute atomic E-state index is 13.0. The van der Waals surface area contributed by atoms with Crippen LogP contribution < -0.4 is 5.32 Å². The van der Waals surface area contributed by atoms with Crippen molar-refractivity contribution >= 4 is 5.91 Å². The molecule has 7 nitrogen and oxygen atoms in total. The third-order valence-corrected chi connectivity index (χ3v) is 12.1. The maximum atomic E-state index is 13.0. The van der Waals surface area contributed by atoms with Gasteiger partial charge in [0.1, 0.15) is 12.2 Å². The highest BCUT2D eigenvalue weighted by molar-refractivity contribution is 5.76. The molecule has 1 fully saturated rings. The molecule has 0 aromatic heterocycles. The molecule has 1 saturated carbocycles. The van der Waals surface area contributed by atoms with Gasteiger partial charge in [0.15, 0.2) is 0 Å². The zero-order chi connectivity index (χ0) is 39.3. The lowest BCUT2D eigenvalue weighted by Gasteiger charge is -2.40. The van der Waals surface area contributed by atoms with Crippen LogP contribution in [0, 0.1) is 5.92 Å². The van der Waals surface area contributed by atoms with Crippen LogP contribution in [0.4, 0.5) is 0 Å². The maximum Gasteiger partial charge on any atom is 0.220 e. The fourth-order valence-corrected chi connectivity index (χ4v) is 8.31. The molecule has 7 heteroatoms. The van der Waals surface area contributed by atoms with Crippen LogP contribution in [0.3, 0.4) is 0 Å². The lowest BCUT2D eigenvalue weighted by atomic mass is 9.81. The molecular weight excluding hydrogens is 675 g/mol. The van der Waals surface area contributed by atoms with Crippen molar-refractivity contribution in [2.75, 3.05) is 13.2 Å². The zero-order valence-electron chi connectivity index (χ0n) is 35.9. The monoisotopic (exact) mass is 768 g/mol. The third-order valence-electron chi connectivity index (χ3n) is 12.1. The summed E-state index contributed by atoms with van der Waals surface area (Å²) in [6, 6.07) is -0.154. The summed E-state index contributed by atoms with van der Waals surface area (Å²) in [5, 5.41) is 43.9. The highest BCUT2D eigenvalue weighted by atomic mass is 16.5. The Labute approximate surface area is 335 Å². The number of aliphatic hydroxyl groups is 4. The Balaban J connectivity index is 2.21. The van der Waals surface area contributed by atoms with Gasteiger partial charge < -0.3 is 30.5 Å². The number of nitrogens with one attached hydrogen (secondary N) is 1. The summed E-state index contributed by atoms with van der Waals surface area (Å²) < 4.78 is 6.08. The van der Waals surface area contributed by atoms with Gasteiger partial charge in [0.2, 0.25) is 5.91 Å². The summed E-state index contributed by atoms with van der Waals surface area (Å²) in [6.07, 6.45) is 40.8. The van der Waals surface area contributed by atoms with Crippen LogP contribution in [0.25, 0.3) is 0 Å². The zero-order valence-corrected chi connectivity index (χ0v) is 35.9. The van der Waals surface area contributed by atoms with Crippen molar-refractivity contribution < 1.29 is 30.0 Å². The van der Waals surface area contributed by atoms with E-state index >= 15 is 0 Å².